The Kier molecular flexibility index (Phi) is 4.72. The van der Waals surface area contributed by atoms with Gasteiger partial charge in [0, 0.05) is 5.56 Å². The summed E-state index contributed by atoms with van der Waals surface area (Å²) < 4.78 is 0. The van der Waals surface area contributed by atoms with E-state index in [-0.39, 0.29) is 17.2 Å². The molecule has 1 aliphatic heterocycles. The van der Waals surface area contributed by atoms with Gasteiger partial charge in [0.2, 0.25) is 0 Å². The van der Waals surface area contributed by atoms with Crippen molar-refractivity contribution in [2.45, 2.75) is 0 Å². The number of hydrogen-bond acceptors (Lipinski definition) is 5. The first-order valence-electron chi connectivity index (χ1n) is 7.11. The fourth-order valence-corrected chi connectivity index (χ4v) is 2.90. The zero-order valence-electron chi connectivity index (χ0n) is 12.5. The van der Waals surface area contributed by atoms with E-state index in [9.17, 15) is 14.7 Å². The maximum Gasteiger partial charge on any atom is 0.336 e. The Hall–Kier alpha value is -2.93. The summed E-state index contributed by atoms with van der Waals surface area (Å²) in [5.41, 5.74) is 1.27. The van der Waals surface area contributed by atoms with Gasteiger partial charge in [-0.15, -0.1) is 0 Å². The normalized spacial score (nSPS) is 16.2. The average Bonchev–Trinajstić information content (AvgIpc) is 2.94. The van der Waals surface area contributed by atoms with Crippen molar-refractivity contribution in [3.8, 4) is 0 Å². The smallest absolute Gasteiger partial charge is 0.336 e. The molecule has 0 spiro atoms. The number of thioether (sulfide) groups is 1. The van der Waals surface area contributed by atoms with Crippen molar-refractivity contribution in [3.05, 3.63) is 65.7 Å². The maximum absolute atomic E-state index is 12.0. The molecule has 0 saturated carbocycles. The van der Waals surface area contributed by atoms with Crippen LogP contribution in [0.2, 0.25) is 0 Å². The molecule has 0 atom stereocenters. The van der Waals surface area contributed by atoms with Gasteiger partial charge in [0.25, 0.3) is 5.91 Å². The Morgan fingerprint density at radius 3 is 2.58 bits per heavy atom. The number of carbonyl (C=O) groups is 2. The number of aliphatic imine (C=N–C) groups is 1. The zero-order valence-corrected chi connectivity index (χ0v) is 13.3. The van der Waals surface area contributed by atoms with Crippen LogP contribution in [0.1, 0.15) is 15.9 Å². The zero-order chi connectivity index (χ0) is 16.9. The van der Waals surface area contributed by atoms with Crippen LogP contribution in [0.15, 0.2) is 64.7 Å². The van der Waals surface area contributed by atoms with Crippen molar-refractivity contribution in [1.29, 1.82) is 0 Å². The van der Waals surface area contributed by atoms with Crippen LogP contribution in [0.4, 0.5) is 5.69 Å². The summed E-state index contributed by atoms with van der Waals surface area (Å²) in [5.74, 6) is -0.986. The highest BCUT2D eigenvalue weighted by atomic mass is 32.2. The standard InChI is InChI=1S/C17H13N3O3S/c21-15-11-24-17(19-13-7-2-1-3-8-13)20(15)18-10-12-6-4-5-9-14(12)16(22)23/h1-10H,11H2,(H,22,23). The van der Waals surface area contributed by atoms with E-state index in [4.69, 9.17) is 0 Å². The molecule has 0 aromatic heterocycles. The van der Waals surface area contributed by atoms with Gasteiger partial charge in [-0.2, -0.15) is 10.1 Å². The SMILES string of the molecule is O=C(O)c1ccccc1C=NN1C(=O)CSC1=Nc1ccccc1. The lowest BCUT2D eigenvalue weighted by molar-refractivity contribution is -0.124. The van der Waals surface area contributed by atoms with Crippen molar-refractivity contribution in [2.75, 3.05) is 5.75 Å². The second-order valence-electron chi connectivity index (χ2n) is 4.86. The lowest BCUT2D eigenvalue weighted by atomic mass is 10.1. The van der Waals surface area contributed by atoms with Gasteiger partial charge in [0.05, 0.1) is 23.2 Å². The van der Waals surface area contributed by atoms with Crippen molar-refractivity contribution < 1.29 is 14.7 Å². The molecule has 0 bridgehead atoms. The lowest BCUT2D eigenvalue weighted by Crippen LogP contribution is -2.24. The maximum atomic E-state index is 12.0. The van der Waals surface area contributed by atoms with Crippen LogP contribution in [-0.4, -0.2) is 39.1 Å². The Labute approximate surface area is 142 Å². The minimum Gasteiger partial charge on any atom is -0.478 e. The second kappa shape index (κ2) is 7.10. The molecule has 7 heteroatoms. The number of aromatic carboxylic acids is 1. The summed E-state index contributed by atoms with van der Waals surface area (Å²) >= 11 is 1.30. The Morgan fingerprint density at radius 1 is 1.12 bits per heavy atom. The molecule has 1 amide bonds. The van der Waals surface area contributed by atoms with Gasteiger partial charge in [-0.1, -0.05) is 48.2 Å². The van der Waals surface area contributed by atoms with Crippen LogP contribution in [0, 0.1) is 0 Å². The molecule has 0 aliphatic carbocycles. The van der Waals surface area contributed by atoms with E-state index in [0.29, 0.717) is 10.7 Å². The number of carboxylic acids is 1. The van der Waals surface area contributed by atoms with E-state index >= 15 is 0 Å². The Bertz CT molecular complexity index is 834. The number of hydrazone groups is 1. The van der Waals surface area contributed by atoms with Gasteiger partial charge in [-0.05, 0) is 18.2 Å². The highest BCUT2D eigenvalue weighted by Crippen LogP contribution is 2.23. The number of amides is 1. The van der Waals surface area contributed by atoms with Crippen LogP contribution in [-0.2, 0) is 4.79 Å². The minimum absolute atomic E-state index is 0.127. The topological polar surface area (TPSA) is 82.3 Å². The molecule has 6 nitrogen and oxygen atoms in total. The van der Waals surface area contributed by atoms with Crippen LogP contribution in [0.3, 0.4) is 0 Å². The van der Waals surface area contributed by atoms with Crippen molar-refractivity contribution in [3.63, 3.8) is 0 Å². The van der Waals surface area contributed by atoms with E-state index in [0.717, 1.165) is 5.69 Å². The molecule has 1 N–H and O–H groups in total. The number of carboxylic acid groups (broad SMARTS) is 1. The van der Waals surface area contributed by atoms with Crippen LogP contribution >= 0.6 is 11.8 Å². The van der Waals surface area contributed by atoms with E-state index in [1.165, 1.54) is 29.1 Å². The highest BCUT2D eigenvalue weighted by molar-refractivity contribution is 8.15. The first kappa shape index (κ1) is 15.9. The molecule has 24 heavy (non-hydrogen) atoms. The van der Waals surface area contributed by atoms with E-state index < -0.39 is 5.97 Å². The van der Waals surface area contributed by atoms with Gasteiger partial charge in [-0.25, -0.2) is 9.79 Å². The van der Waals surface area contributed by atoms with E-state index in [1.807, 2.05) is 30.3 Å². The van der Waals surface area contributed by atoms with Crippen LogP contribution < -0.4 is 0 Å². The second-order valence-corrected chi connectivity index (χ2v) is 5.80. The predicted octanol–water partition coefficient (Wildman–Crippen LogP) is 2.98. The van der Waals surface area contributed by atoms with E-state index in [2.05, 4.69) is 10.1 Å². The molecule has 2 aromatic carbocycles. The first-order valence-corrected chi connectivity index (χ1v) is 8.09. The average molecular weight is 339 g/mol. The summed E-state index contributed by atoms with van der Waals surface area (Å²) in [6.07, 6.45) is 1.37. The molecule has 1 fully saturated rings. The predicted molar refractivity (Wildman–Crippen MR) is 93.8 cm³/mol. The quantitative estimate of drug-likeness (QED) is 0.868. The summed E-state index contributed by atoms with van der Waals surface area (Å²) in [6, 6.07) is 15.7. The number of rotatable bonds is 4. The van der Waals surface area contributed by atoms with Gasteiger partial charge < -0.3 is 5.11 Å². The third-order valence-electron chi connectivity index (χ3n) is 3.23. The summed E-state index contributed by atoms with van der Waals surface area (Å²) in [6.45, 7) is 0. The van der Waals surface area contributed by atoms with Crippen molar-refractivity contribution >= 4 is 40.7 Å². The number of hydrogen-bond donors (Lipinski definition) is 1. The minimum atomic E-state index is -1.04. The van der Waals surface area contributed by atoms with Gasteiger partial charge in [-0.3, -0.25) is 4.79 Å². The number of nitrogens with zero attached hydrogens (tertiary/aromatic N) is 3. The Morgan fingerprint density at radius 2 is 1.83 bits per heavy atom. The molecule has 1 saturated heterocycles. The molecule has 0 unspecified atom stereocenters. The molecule has 0 radical (unpaired) electrons. The lowest BCUT2D eigenvalue weighted by Gasteiger charge is -2.09. The third kappa shape index (κ3) is 3.52. The Balaban J connectivity index is 1.89. The first-order chi connectivity index (χ1) is 11.6. The summed E-state index contributed by atoms with van der Waals surface area (Å²) in [7, 11) is 0. The number of para-hydroxylation sites is 1. The fourth-order valence-electron chi connectivity index (χ4n) is 2.09. The molecule has 3 rings (SSSR count). The third-order valence-corrected chi connectivity index (χ3v) is 4.14. The van der Waals surface area contributed by atoms with Crippen molar-refractivity contribution in [1.82, 2.24) is 5.01 Å². The number of carbonyl (C=O) groups excluding carboxylic acids is 1. The van der Waals surface area contributed by atoms with Gasteiger partial charge in [0.15, 0.2) is 5.17 Å². The molecular weight excluding hydrogens is 326 g/mol. The summed E-state index contributed by atoms with van der Waals surface area (Å²) in [4.78, 5) is 27.6. The van der Waals surface area contributed by atoms with Gasteiger partial charge >= 0.3 is 5.97 Å². The highest BCUT2D eigenvalue weighted by Gasteiger charge is 2.28. The molecule has 1 heterocycles. The van der Waals surface area contributed by atoms with Crippen LogP contribution in [0.5, 0.6) is 0 Å². The molecule has 120 valence electrons. The van der Waals surface area contributed by atoms with Crippen LogP contribution in [0.25, 0.3) is 0 Å². The molecular formula is C17H13N3O3S. The van der Waals surface area contributed by atoms with Crippen molar-refractivity contribution in [2.24, 2.45) is 10.1 Å². The van der Waals surface area contributed by atoms with Gasteiger partial charge in [0.1, 0.15) is 0 Å². The fraction of sp³-hybridized carbons (Fsp3) is 0.0588. The monoisotopic (exact) mass is 339 g/mol. The number of amidine groups is 1. The number of benzene rings is 2. The summed E-state index contributed by atoms with van der Waals surface area (Å²) in [5, 5.41) is 15.0. The largest absolute Gasteiger partial charge is 0.478 e. The molecule has 1 aliphatic rings. The molecule has 2 aromatic rings. The van der Waals surface area contributed by atoms with E-state index in [1.54, 1.807) is 18.2 Å².